The van der Waals surface area contributed by atoms with Crippen molar-refractivity contribution in [2.45, 2.75) is 44.4 Å². The molecule has 6 nitrogen and oxygen atoms in total. The molecule has 10 heteroatoms. The number of anilines is 2. The van der Waals surface area contributed by atoms with Gasteiger partial charge in [0.15, 0.2) is 10.7 Å². The van der Waals surface area contributed by atoms with E-state index in [-0.39, 0.29) is 16.8 Å². The first-order valence-electron chi connectivity index (χ1n) is 10.6. The third-order valence-electron chi connectivity index (χ3n) is 5.97. The fourth-order valence-corrected chi connectivity index (χ4v) is 5.39. The van der Waals surface area contributed by atoms with Crippen LogP contribution < -0.4 is 14.9 Å². The van der Waals surface area contributed by atoms with Gasteiger partial charge in [-0.05, 0) is 63.4 Å². The zero-order valence-corrected chi connectivity index (χ0v) is 19.3. The molecule has 0 spiro atoms. The number of nitrogens with one attached hydrogen (secondary N) is 2. The van der Waals surface area contributed by atoms with Crippen molar-refractivity contribution in [2.24, 2.45) is 5.41 Å². The summed E-state index contributed by atoms with van der Waals surface area (Å²) in [4.78, 5) is 4.20. The number of nitrogens with zero attached hydrogens (tertiary/aromatic N) is 2. The van der Waals surface area contributed by atoms with Crippen LogP contribution in [0.2, 0.25) is 0 Å². The molecule has 32 heavy (non-hydrogen) atoms. The van der Waals surface area contributed by atoms with E-state index in [2.05, 4.69) is 17.2 Å². The van der Waals surface area contributed by atoms with Gasteiger partial charge in [0.05, 0.1) is 0 Å². The topological polar surface area (TPSA) is 74.3 Å². The first-order chi connectivity index (χ1) is 15.1. The minimum Gasteiger partial charge on any atom is -0.371 e. The number of unbranched alkanes of at least 4 members (excludes halogenated alkanes) is 1. The minimum absolute atomic E-state index is 0.0302. The van der Waals surface area contributed by atoms with Gasteiger partial charge in [0.25, 0.3) is 10.0 Å². The first-order valence-corrected chi connectivity index (χ1v) is 12.1. The molecule has 0 amide bonds. The summed E-state index contributed by atoms with van der Waals surface area (Å²) < 4.78 is 70.6. The molecule has 2 N–H and O–H groups in total. The van der Waals surface area contributed by atoms with Crippen molar-refractivity contribution in [3.8, 4) is 0 Å². The number of halogens is 3. The monoisotopic (exact) mass is 470 g/mol. The SMILES string of the molecule is CNCCCC[C@]1(C)CCN(c2cc(F)c(S(=O)(=O)Nc3cccc(F)n3)c(F)c2C)C1. The summed E-state index contributed by atoms with van der Waals surface area (Å²) in [6, 6.07) is 4.53. The second kappa shape index (κ2) is 9.66. The van der Waals surface area contributed by atoms with Gasteiger partial charge in [0.1, 0.15) is 11.6 Å². The molecule has 0 bridgehead atoms. The number of rotatable bonds is 9. The molecule has 0 aliphatic carbocycles. The van der Waals surface area contributed by atoms with E-state index in [1.807, 2.05) is 16.7 Å². The van der Waals surface area contributed by atoms with E-state index in [9.17, 15) is 17.2 Å². The minimum atomic E-state index is -4.65. The molecule has 0 saturated carbocycles. The molecule has 1 aliphatic heterocycles. The molecule has 0 unspecified atom stereocenters. The van der Waals surface area contributed by atoms with Crippen molar-refractivity contribution in [1.82, 2.24) is 10.3 Å². The molecule has 3 rings (SSSR count). The van der Waals surface area contributed by atoms with E-state index in [1.54, 1.807) is 0 Å². The lowest BCUT2D eigenvalue weighted by Crippen LogP contribution is -2.27. The summed E-state index contributed by atoms with van der Waals surface area (Å²) in [5, 5.41) is 3.13. The van der Waals surface area contributed by atoms with Gasteiger partial charge in [-0.15, -0.1) is 0 Å². The zero-order chi connectivity index (χ0) is 23.5. The maximum atomic E-state index is 15.1. The third kappa shape index (κ3) is 5.35. The summed E-state index contributed by atoms with van der Waals surface area (Å²) in [7, 11) is -2.73. The Balaban J connectivity index is 1.83. The average molecular weight is 471 g/mol. The van der Waals surface area contributed by atoms with Gasteiger partial charge in [-0.1, -0.05) is 19.4 Å². The third-order valence-corrected chi connectivity index (χ3v) is 7.36. The van der Waals surface area contributed by atoms with Gasteiger partial charge < -0.3 is 10.2 Å². The second-order valence-corrected chi connectivity index (χ2v) is 10.3. The molecule has 2 aromatic rings. The molecule has 1 saturated heterocycles. The lowest BCUT2D eigenvalue weighted by molar-refractivity contribution is 0.324. The Bertz CT molecular complexity index is 1080. The summed E-state index contributed by atoms with van der Waals surface area (Å²) in [6.45, 7) is 5.84. The maximum Gasteiger partial charge on any atom is 0.268 e. The highest BCUT2D eigenvalue weighted by molar-refractivity contribution is 7.92. The molecule has 176 valence electrons. The molecule has 2 heterocycles. The number of hydrogen-bond acceptors (Lipinski definition) is 5. The van der Waals surface area contributed by atoms with Gasteiger partial charge in [0, 0.05) is 24.3 Å². The number of aromatic nitrogens is 1. The average Bonchev–Trinajstić information content (AvgIpc) is 3.10. The van der Waals surface area contributed by atoms with Gasteiger partial charge in [-0.2, -0.15) is 4.39 Å². The van der Waals surface area contributed by atoms with E-state index in [4.69, 9.17) is 0 Å². The van der Waals surface area contributed by atoms with E-state index >= 15 is 4.39 Å². The van der Waals surface area contributed by atoms with Crippen molar-refractivity contribution in [3.05, 3.63) is 47.4 Å². The number of benzene rings is 1. The van der Waals surface area contributed by atoms with Crippen LogP contribution in [0.5, 0.6) is 0 Å². The van der Waals surface area contributed by atoms with E-state index in [0.717, 1.165) is 44.4 Å². The fraction of sp³-hybridized carbons (Fsp3) is 0.500. The number of hydrogen-bond donors (Lipinski definition) is 2. The molecule has 1 aromatic carbocycles. The van der Waals surface area contributed by atoms with Gasteiger partial charge in [-0.25, -0.2) is 22.2 Å². The van der Waals surface area contributed by atoms with Crippen molar-refractivity contribution in [2.75, 3.05) is 36.3 Å². The maximum absolute atomic E-state index is 15.1. The van der Waals surface area contributed by atoms with Crippen LogP contribution in [0, 0.1) is 29.9 Å². The lowest BCUT2D eigenvalue weighted by atomic mass is 9.84. The Kier molecular flexibility index (Phi) is 7.34. The lowest BCUT2D eigenvalue weighted by Gasteiger charge is -2.27. The summed E-state index contributed by atoms with van der Waals surface area (Å²) in [5.74, 6) is -3.64. The molecular weight excluding hydrogens is 441 g/mol. The number of sulfonamides is 1. The van der Waals surface area contributed by atoms with Crippen LogP contribution in [0.15, 0.2) is 29.2 Å². The second-order valence-electron chi connectivity index (χ2n) is 8.64. The molecule has 1 fully saturated rings. The van der Waals surface area contributed by atoms with Crippen LogP contribution in [-0.4, -0.2) is 40.1 Å². The Morgan fingerprint density at radius 2 is 1.97 bits per heavy atom. The first kappa shape index (κ1) is 24.3. The molecule has 1 atom stereocenters. The van der Waals surface area contributed by atoms with Crippen LogP contribution in [0.3, 0.4) is 0 Å². The van der Waals surface area contributed by atoms with Crippen molar-refractivity contribution >= 4 is 21.5 Å². The largest absolute Gasteiger partial charge is 0.371 e. The highest BCUT2D eigenvalue weighted by atomic mass is 32.2. The summed E-state index contributed by atoms with van der Waals surface area (Å²) in [5.41, 5.74) is 0.433. The molecule has 1 aromatic heterocycles. The summed E-state index contributed by atoms with van der Waals surface area (Å²) in [6.07, 6.45) is 4.02. The molecule has 1 aliphatic rings. The molecular formula is C22H29F3N4O2S. The highest BCUT2D eigenvalue weighted by Gasteiger charge is 2.36. The Morgan fingerprint density at radius 3 is 2.66 bits per heavy atom. The van der Waals surface area contributed by atoms with E-state index in [0.29, 0.717) is 18.8 Å². The summed E-state index contributed by atoms with van der Waals surface area (Å²) >= 11 is 0. The van der Waals surface area contributed by atoms with Crippen LogP contribution in [0.1, 0.15) is 38.2 Å². The zero-order valence-electron chi connectivity index (χ0n) is 18.5. The van der Waals surface area contributed by atoms with Crippen LogP contribution in [-0.2, 0) is 10.0 Å². The van der Waals surface area contributed by atoms with Crippen molar-refractivity contribution in [3.63, 3.8) is 0 Å². The quantitative estimate of drug-likeness (QED) is 0.424. The smallest absolute Gasteiger partial charge is 0.268 e. The predicted molar refractivity (Wildman–Crippen MR) is 119 cm³/mol. The van der Waals surface area contributed by atoms with Gasteiger partial charge >= 0.3 is 0 Å². The fourth-order valence-electron chi connectivity index (χ4n) is 4.20. The Hall–Kier alpha value is -2.33. The Morgan fingerprint density at radius 1 is 1.22 bits per heavy atom. The highest BCUT2D eigenvalue weighted by Crippen LogP contribution is 2.40. The van der Waals surface area contributed by atoms with Crippen LogP contribution in [0.25, 0.3) is 0 Å². The van der Waals surface area contributed by atoms with Crippen molar-refractivity contribution < 1.29 is 21.6 Å². The van der Waals surface area contributed by atoms with Crippen LogP contribution >= 0.6 is 0 Å². The van der Waals surface area contributed by atoms with E-state index < -0.39 is 32.5 Å². The standard InChI is InChI=1S/C22H29F3N4O2S/c1-15-17(29-12-10-22(2,14-29)9-4-5-11-26-3)13-16(23)21(20(15)25)32(30,31)28-19-8-6-7-18(24)27-19/h6-8,13,26H,4-5,9-12,14H2,1-3H3,(H,27,28)/t22-/m1/s1. The van der Waals surface area contributed by atoms with E-state index in [1.165, 1.54) is 19.1 Å². The number of pyridine rings is 1. The predicted octanol–water partition coefficient (Wildman–Crippen LogP) is 4.21. The van der Waals surface area contributed by atoms with Crippen molar-refractivity contribution in [1.29, 1.82) is 0 Å². The molecule has 0 radical (unpaired) electrons. The van der Waals surface area contributed by atoms with Crippen LogP contribution in [0.4, 0.5) is 24.7 Å². The van der Waals surface area contributed by atoms with Gasteiger partial charge in [-0.3, -0.25) is 4.72 Å². The van der Waals surface area contributed by atoms with Gasteiger partial charge in [0.2, 0.25) is 5.95 Å². The Labute approximate surface area is 187 Å². The normalized spacial score (nSPS) is 18.9.